The molecule has 2 rings (SSSR count). The van der Waals surface area contributed by atoms with Crippen molar-refractivity contribution in [2.75, 3.05) is 23.1 Å². The van der Waals surface area contributed by atoms with Crippen molar-refractivity contribution in [3.8, 4) is 0 Å². The SMILES string of the molecule is NCCC1CN(S(=O)(=O)CCC(=O)O)c2ccccc21. The summed E-state index contributed by atoms with van der Waals surface area (Å²) in [7, 11) is -3.61. The van der Waals surface area contributed by atoms with Crippen molar-refractivity contribution in [1.82, 2.24) is 0 Å². The second-order valence-corrected chi connectivity index (χ2v) is 6.84. The number of rotatable bonds is 6. The van der Waals surface area contributed by atoms with Gasteiger partial charge in [0.05, 0.1) is 17.9 Å². The quantitative estimate of drug-likeness (QED) is 0.807. The number of hydrogen-bond donors (Lipinski definition) is 2. The summed E-state index contributed by atoms with van der Waals surface area (Å²) in [5.41, 5.74) is 7.19. The molecule has 1 aromatic rings. The molecule has 6 nitrogen and oxygen atoms in total. The molecule has 0 amide bonds. The lowest BCUT2D eigenvalue weighted by molar-refractivity contribution is -0.136. The summed E-state index contributed by atoms with van der Waals surface area (Å²) in [6.45, 7) is 0.834. The Balaban J connectivity index is 2.28. The van der Waals surface area contributed by atoms with Crippen LogP contribution in [0.3, 0.4) is 0 Å². The summed E-state index contributed by atoms with van der Waals surface area (Å²) >= 11 is 0. The van der Waals surface area contributed by atoms with Gasteiger partial charge in [-0.05, 0) is 24.6 Å². The van der Waals surface area contributed by atoms with E-state index in [-0.39, 0.29) is 18.1 Å². The number of benzene rings is 1. The highest BCUT2D eigenvalue weighted by Crippen LogP contribution is 2.39. The van der Waals surface area contributed by atoms with Crippen LogP contribution in [0.15, 0.2) is 24.3 Å². The Labute approximate surface area is 118 Å². The third kappa shape index (κ3) is 2.94. The molecule has 0 spiro atoms. The molecule has 0 fully saturated rings. The molecule has 0 saturated heterocycles. The van der Waals surface area contributed by atoms with Gasteiger partial charge in [0.15, 0.2) is 0 Å². The van der Waals surface area contributed by atoms with E-state index in [4.69, 9.17) is 10.8 Å². The lowest BCUT2D eigenvalue weighted by Gasteiger charge is -2.19. The van der Waals surface area contributed by atoms with E-state index in [0.717, 1.165) is 5.56 Å². The van der Waals surface area contributed by atoms with E-state index < -0.39 is 16.0 Å². The minimum atomic E-state index is -3.61. The molecule has 1 aliphatic heterocycles. The predicted octanol–water partition coefficient (Wildman–Crippen LogP) is 0.744. The molecule has 0 saturated carbocycles. The maximum Gasteiger partial charge on any atom is 0.304 e. The molecule has 20 heavy (non-hydrogen) atoms. The Morgan fingerprint density at radius 1 is 1.40 bits per heavy atom. The number of nitrogens with two attached hydrogens (primary N) is 1. The first-order valence-electron chi connectivity index (χ1n) is 6.47. The average molecular weight is 298 g/mol. The Morgan fingerprint density at radius 3 is 2.75 bits per heavy atom. The zero-order valence-electron chi connectivity index (χ0n) is 11.0. The van der Waals surface area contributed by atoms with Gasteiger partial charge in [0, 0.05) is 12.5 Å². The van der Waals surface area contributed by atoms with E-state index in [1.165, 1.54) is 4.31 Å². The average Bonchev–Trinajstić information content (AvgIpc) is 2.77. The van der Waals surface area contributed by atoms with Crippen molar-refractivity contribution in [1.29, 1.82) is 0 Å². The minimum absolute atomic E-state index is 0.0794. The number of carbonyl (C=O) groups is 1. The van der Waals surface area contributed by atoms with E-state index >= 15 is 0 Å². The minimum Gasteiger partial charge on any atom is -0.481 e. The maximum absolute atomic E-state index is 12.3. The highest BCUT2D eigenvalue weighted by molar-refractivity contribution is 7.92. The highest BCUT2D eigenvalue weighted by atomic mass is 32.2. The second kappa shape index (κ2) is 5.80. The Bertz CT molecular complexity index is 600. The van der Waals surface area contributed by atoms with E-state index in [2.05, 4.69) is 0 Å². The van der Waals surface area contributed by atoms with Gasteiger partial charge in [0.2, 0.25) is 10.0 Å². The first-order chi connectivity index (χ1) is 9.45. The third-order valence-electron chi connectivity index (χ3n) is 3.46. The number of hydrogen-bond acceptors (Lipinski definition) is 4. The van der Waals surface area contributed by atoms with Gasteiger partial charge in [-0.3, -0.25) is 9.10 Å². The summed E-state index contributed by atoms with van der Waals surface area (Å²) in [6.07, 6.45) is 0.324. The van der Waals surface area contributed by atoms with E-state index in [9.17, 15) is 13.2 Å². The van der Waals surface area contributed by atoms with Crippen molar-refractivity contribution in [3.63, 3.8) is 0 Å². The molecule has 0 radical (unpaired) electrons. The molecule has 7 heteroatoms. The number of nitrogens with zero attached hydrogens (tertiary/aromatic N) is 1. The molecule has 0 aromatic heterocycles. The molecule has 1 atom stereocenters. The van der Waals surface area contributed by atoms with E-state index in [1.54, 1.807) is 12.1 Å². The van der Waals surface area contributed by atoms with Gasteiger partial charge in [0.25, 0.3) is 0 Å². The normalized spacial score (nSPS) is 18.1. The smallest absolute Gasteiger partial charge is 0.304 e. The first kappa shape index (κ1) is 14.8. The molecule has 110 valence electrons. The molecule has 3 N–H and O–H groups in total. The topological polar surface area (TPSA) is 101 Å². The van der Waals surface area contributed by atoms with Crippen LogP contribution in [0.1, 0.15) is 24.3 Å². The van der Waals surface area contributed by atoms with Crippen molar-refractivity contribution in [2.24, 2.45) is 5.73 Å². The second-order valence-electron chi connectivity index (χ2n) is 4.82. The summed E-state index contributed by atoms with van der Waals surface area (Å²) in [4.78, 5) is 10.6. The fraction of sp³-hybridized carbons (Fsp3) is 0.462. The zero-order valence-corrected chi connectivity index (χ0v) is 11.8. The Morgan fingerprint density at radius 2 is 2.10 bits per heavy atom. The number of para-hydroxylation sites is 1. The van der Waals surface area contributed by atoms with Gasteiger partial charge in [-0.15, -0.1) is 0 Å². The van der Waals surface area contributed by atoms with Crippen molar-refractivity contribution in [2.45, 2.75) is 18.8 Å². The number of fused-ring (bicyclic) bond motifs is 1. The third-order valence-corrected chi connectivity index (χ3v) is 5.19. The lowest BCUT2D eigenvalue weighted by Crippen LogP contribution is -2.33. The van der Waals surface area contributed by atoms with Crippen LogP contribution in [0, 0.1) is 0 Å². The van der Waals surface area contributed by atoms with Crippen LogP contribution in [0.25, 0.3) is 0 Å². The van der Waals surface area contributed by atoms with Crippen molar-refractivity contribution >= 4 is 21.7 Å². The van der Waals surface area contributed by atoms with Gasteiger partial charge < -0.3 is 10.8 Å². The number of carboxylic acid groups (broad SMARTS) is 1. The zero-order chi connectivity index (χ0) is 14.8. The van der Waals surface area contributed by atoms with Gasteiger partial charge >= 0.3 is 5.97 Å². The van der Waals surface area contributed by atoms with Crippen molar-refractivity contribution in [3.05, 3.63) is 29.8 Å². The molecule has 0 aliphatic carbocycles. The molecule has 1 aromatic carbocycles. The first-order valence-corrected chi connectivity index (χ1v) is 8.08. The predicted molar refractivity (Wildman–Crippen MR) is 76.2 cm³/mol. The highest BCUT2D eigenvalue weighted by Gasteiger charge is 2.34. The van der Waals surface area contributed by atoms with Gasteiger partial charge in [-0.25, -0.2) is 8.42 Å². The molecular formula is C13H18N2O4S. The van der Waals surface area contributed by atoms with E-state index in [1.807, 2.05) is 12.1 Å². The molecule has 1 aliphatic rings. The van der Waals surface area contributed by atoms with Gasteiger partial charge in [-0.1, -0.05) is 18.2 Å². The molecule has 0 bridgehead atoms. The molecule has 1 unspecified atom stereocenters. The Hall–Kier alpha value is -1.60. The number of anilines is 1. The monoisotopic (exact) mass is 298 g/mol. The van der Waals surface area contributed by atoms with Gasteiger partial charge in [0.1, 0.15) is 0 Å². The van der Waals surface area contributed by atoms with Crippen LogP contribution in [-0.2, 0) is 14.8 Å². The number of aliphatic carboxylic acids is 1. The fourth-order valence-electron chi connectivity index (χ4n) is 2.49. The summed E-state index contributed by atoms with van der Waals surface area (Å²) in [5.74, 6) is -1.41. The summed E-state index contributed by atoms with van der Waals surface area (Å²) in [5, 5.41) is 8.65. The van der Waals surface area contributed by atoms with Crippen molar-refractivity contribution < 1.29 is 18.3 Å². The molecule has 1 heterocycles. The summed E-state index contributed by atoms with van der Waals surface area (Å²) < 4.78 is 25.9. The fourth-order valence-corrected chi connectivity index (χ4v) is 4.02. The maximum atomic E-state index is 12.3. The van der Waals surface area contributed by atoms with E-state index in [0.29, 0.717) is 25.2 Å². The van der Waals surface area contributed by atoms with Crippen LogP contribution >= 0.6 is 0 Å². The van der Waals surface area contributed by atoms with Crippen LogP contribution in [0.4, 0.5) is 5.69 Å². The van der Waals surface area contributed by atoms with Crippen LogP contribution in [-0.4, -0.2) is 38.3 Å². The summed E-state index contributed by atoms with van der Waals surface area (Å²) in [6, 6.07) is 7.31. The standard InChI is InChI=1S/C13H18N2O4S/c14-7-5-10-9-15(12-4-2-1-3-11(10)12)20(18,19)8-6-13(16)17/h1-4,10H,5-9,14H2,(H,16,17). The molecular weight excluding hydrogens is 280 g/mol. The largest absolute Gasteiger partial charge is 0.481 e. The van der Waals surface area contributed by atoms with Gasteiger partial charge in [-0.2, -0.15) is 0 Å². The van der Waals surface area contributed by atoms with Crippen LogP contribution < -0.4 is 10.0 Å². The number of carboxylic acids is 1. The number of sulfonamides is 1. The lowest BCUT2D eigenvalue weighted by atomic mass is 9.98. The Kier molecular flexibility index (Phi) is 4.29. The van der Waals surface area contributed by atoms with Crippen LogP contribution in [0.5, 0.6) is 0 Å². The van der Waals surface area contributed by atoms with Crippen LogP contribution in [0.2, 0.25) is 0 Å².